The van der Waals surface area contributed by atoms with Crippen LogP contribution in [0.5, 0.6) is 5.75 Å². The highest BCUT2D eigenvalue weighted by Crippen LogP contribution is 2.64. The average Bonchev–Trinajstić information content (AvgIpc) is 3.31. The lowest BCUT2D eigenvalue weighted by molar-refractivity contribution is -0.128. The molecule has 3 aliphatic rings. The fraction of sp³-hybridized carbons (Fsp3) is 0.696. The second-order valence-electron chi connectivity index (χ2n) is 9.96. The number of carbonyl (C=O) groups is 1. The van der Waals surface area contributed by atoms with E-state index in [0.717, 1.165) is 43.4 Å². The van der Waals surface area contributed by atoms with Crippen LogP contribution in [0.1, 0.15) is 64.4 Å². The molecule has 3 saturated carbocycles. The fourth-order valence-corrected chi connectivity index (χ4v) is 8.22. The number of benzene rings is 1. The largest absolute Gasteiger partial charge is 0.497 e. The van der Waals surface area contributed by atoms with Crippen LogP contribution in [0, 0.1) is 16.7 Å². The zero-order valence-corrected chi connectivity index (χ0v) is 18.6. The SMILES string of the molecule is COc1ccc(C2(CNS(=O)(=O)C[C@@]34CC[C@H](CC3=O)C4(C)C)CCCC2)cc1. The van der Waals surface area contributed by atoms with Crippen molar-refractivity contribution in [3.8, 4) is 5.75 Å². The molecule has 1 aromatic rings. The molecule has 0 spiro atoms. The van der Waals surface area contributed by atoms with E-state index in [1.807, 2.05) is 12.1 Å². The van der Waals surface area contributed by atoms with Crippen LogP contribution in [0.3, 0.4) is 0 Å². The molecule has 5 nitrogen and oxygen atoms in total. The third-order valence-electron chi connectivity index (χ3n) is 8.47. The number of hydrogen-bond donors (Lipinski definition) is 1. The molecule has 2 atom stereocenters. The van der Waals surface area contributed by atoms with Gasteiger partial charge in [0.05, 0.1) is 12.9 Å². The lowest BCUT2D eigenvalue weighted by Crippen LogP contribution is -2.47. The van der Waals surface area contributed by atoms with E-state index in [1.54, 1.807) is 7.11 Å². The van der Waals surface area contributed by atoms with Gasteiger partial charge in [0.2, 0.25) is 10.0 Å². The number of Topliss-reactive ketones (excluding diaryl/α,β-unsaturated/α-hetero) is 1. The molecule has 1 N–H and O–H groups in total. The Bertz CT molecular complexity index is 884. The number of nitrogens with one attached hydrogen (secondary N) is 1. The molecule has 2 bridgehead atoms. The number of hydrogen-bond acceptors (Lipinski definition) is 4. The van der Waals surface area contributed by atoms with Gasteiger partial charge in [0.1, 0.15) is 11.5 Å². The second kappa shape index (κ2) is 7.09. The molecule has 1 aromatic carbocycles. The van der Waals surface area contributed by atoms with Crippen molar-refractivity contribution >= 4 is 15.8 Å². The summed E-state index contributed by atoms with van der Waals surface area (Å²) in [5, 5.41) is 0. The lowest BCUT2D eigenvalue weighted by atomic mass is 9.70. The van der Waals surface area contributed by atoms with Crippen molar-refractivity contribution in [2.45, 2.75) is 64.2 Å². The highest BCUT2D eigenvalue weighted by molar-refractivity contribution is 7.89. The Labute approximate surface area is 174 Å². The van der Waals surface area contributed by atoms with Gasteiger partial charge < -0.3 is 4.74 Å². The van der Waals surface area contributed by atoms with Gasteiger partial charge in [0.25, 0.3) is 0 Å². The number of sulfonamides is 1. The summed E-state index contributed by atoms with van der Waals surface area (Å²) in [7, 11) is -1.91. The average molecular weight is 420 g/mol. The van der Waals surface area contributed by atoms with Gasteiger partial charge in [-0.25, -0.2) is 13.1 Å². The Morgan fingerprint density at radius 2 is 1.76 bits per heavy atom. The maximum Gasteiger partial charge on any atom is 0.212 e. The van der Waals surface area contributed by atoms with Gasteiger partial charge in [-0.3, -0.25) is 4.79 Å². The lowest BCUT2D eigenvalue weighted by Gasteiger charge is -2.37. The van der Waals surface area contributed by atoms with E-state index in [0.29, 0.717) is 25.3 Å². The molecule has 3 fully saturated rings. The molecule has 0 amide bonds. The Kier molecular flexibility index (Phi) is 5.10. The van der Waals surface area contributed by atoms with E-state index >= 15 is 0 Å². The van der Waals surface area contributed by atoms with Crippen LogP contribution in [0.15, 0.2) is 24.3 Å². The molecule has 0 saturated heterocycles. The highest BCUT2D eigenvalue weighted by Gasteiger charge is 2.65. The molecule has 0 heterocycles. The van der Waals surface area contributed by atoms with Crippen LogP contribution in [-0.2, 0) is 20.2 Å². The minimum absolute atomic E-state index is 0.0684. The summed E-state index contributed by atoms with van der Waals surface area (Å²) in [4.78, 5) is 12.8. The first kappa shape index (κ1) is 20.9. The van der Waals surface area contributed by atoms with Gasteiger partial charge >= 0.3 is 0 Å². The molecule has 160 valence electrons. The smallest absolute Gasteiger partial charge is 0.212 e. The first-order chi connectivity index (χ1) is 13.6. The first-order valence-corrected chi connectivity index (χ1v) is 12.4. The van der Waals surface area contributed by atoms with Gasteiger partial charge in [-0.15, -0.1) is 0 Å². The van der Waals surface area contributed by atoms with E-state index in [4.69, 9.17) is 4.74 Å². The predicted molar refractivity (Wildman–Crippen MR) is 113 cm³/mol. The fourth-order valence-electron chi connectivity index (χ4n) is 6.30. The molecule has 0 radical (unpaired) electrons. The number of rotatable bonds is 7. The molecule has 4 rings (SSSR count). The summed E-state index contributed by atoms with van der Waals surface area (Å²) in [6, 6.07) is 8.01. The van der Waals surface area contributed by atoms with Gasteiger partial charge in [-0.1, -0.05) is 38.8 Å². The second-order valence-corrected chi connectivity index (χ2v) is 11.8. The van der Waals surface area contributed by atoms with Gasteiger partial charge in [-0.05, 0) is 54.7 Å². The summed E-state index contributed by atoms with van der Waals surface area (Å²) in [5.41, 5.74) is 0.0337. The predicted octanol–water partition coefficient (Wildman–Crippen LogP) is 3.82. The molecule has 29 heavy (non-hydrogen) atoms. The Hall–Kier alpha value is -1.40. The summed E-state index contributed by atoms with van der Waals surface area (Å²) in [6.45, 7) is 4.57. The van der Waals surface area contributed by atoms with E-state index < -0.39 is 15.4 Å². The van der Waals surface area contributed by atoms with Crippen LogP contribution in [-0.4, -0.2) is 33.6 Å². The third kappa shape index (κ3) is 3.32. The van der Waals surface area contributed by atoms with Crippen LogP contribution in [0.25, 0.3) is 0 Å². The molecule has 0 aromatic heterocycles. The van der Waals surface area contributed by atoms with Crippen molar-refractivity contribution in [1.29, 1.82) is 0 Å². The maximum absolute atomic E-state index is 13.1. The number of methoxy groups -OCH3 is 1. The number of ether oxygens (including phenoxy) is 1. The van der Waals surface area contributed by atoms with Gasteiger partial charge in [0, 0.05) is 23.8 Å². The zero-order valence-electron chi connectivity index (χ0n) is 17.8. The minimum atomic E-state index is -3.55. The van der Waals surface area contributed by atoms with Crippen molar-refractivity contribution in [1.82, 2.24) is 4.72 Å². The van der Waals surface area contributed by atoms with Crippen LogP contribution < -0.4 is 9.46 Å². The molecule has 6 heteroatoms. The van der Waals surface area contributed by atoms with Crippen molar-refractivity contribution in [3.05, 3.63) is 29.8 Å². The quantitative estimate of drug-likeness (QED) is 0.729. The molecular weight excluding hydrogens is 386 g/mol. The molecule has 3 aliphatic carbocycles. The minimum Gasteiger partial charge on any atom is -0.497 e. The molecule has 0 aliphatic heterocycles. The summed E-state index contributed by atoms with van der Waals surface area (Å²) < 4.78 is 34.5. The van der Waals surface area contributed by atoms with E-state index in [2.05, 4.69) is 30.7 Å². The molecule has 0 unspecified atom stereocenters. The number of fused-ring (bicyclic) bond motifs is 2. The zero-order chi connectivity index (χ0) is 20.9. The highest BCUT2D eigenvalue weighted by atomic mass is 32.2. The Morgan fingerprint density at radius 1 is 1.10 bits per heavy atom. The first-order valence-electron chi connectivity index (χ1n) is 10.8. The van der Waals surface area contributed by atoms with Crippen molar-refractivity contribution in [3.63, 3.8) is 0 Å². The van der Waals surface area contributed by atoms with E-state index in [1.165, 1.54) is 0 Å². The van der Waals surface area contributed by atoms with Crippen LogP contribution >= 0.6 is 0 Å². The van der Waals surface area contributed by atoms with Gasteiger partial charge in [-0.2, -0.15) is 0 Å². The summed E-state index contributed by atoms with van der Waals surface area (Å²) in [5.74, 6) is 1.21. The summed E-state index contributed by atoms with van der Waals surface area (Å²) in [6.07, 6.45) is 6.35. The Morgan fingerprint density at radius 3 is 2.28 bits per heavy atom. The standard InChI is InChI=1S/C23H33NO4S/c1-21(2)18-10-13-23(21,20(25)14-18)16-29(26,27)24-15-22(11-4-5-12-22)17-6-8-19(28-3)9-7-17/h6-9,18,24H,4-5,10-16H2,1-3H3/t18-,23+/m1/s1. The Balaban J connectivity index is 1.52. The monoisotopic (exact) mass is 419 g/mol. The third-order valence-corrected chi connectivity index (χ3v) is 9.93. The maximum atomic E-state index is 13.1. The number of ketones is 1. The van der Waals surface area contributed by atoms with Crippen LogP contribution in [0.2, 0.25) is 0 Å². The van der Waals surface area contributed by atoms with Crippen molar-refractivity contribution in [2.24, 2.45) is 16.7 Å². The van der Waals surface area contributed by atoms with E-state index in [-0.39, 0.29) is 22.4 Å². The summed E-state index contributed by atoms with van der Waals surface area (Å²) >= 11 is 0. The normalized spacial score (nSPS) is 30.0. The topological polar surface area (TPSA) is 72.5 Å². The van der Waals surface area contributed by atoms with Gasteiger partial charge in [0.15, 0.2) is 0 Å². The van der Waals surface area contributed by atoms with Crippen molar-refractivity contribution in [2.75, 3.05) is 19.4 Å². The van der Waals surface area contributed by atoms with Crippen LogP contribution in [0.4, 0.5) is 0 Å². The van der Waals surface area contributed by atoms with Crippen molar-refractivity contribution < 1.29 is 17.9 Å². The number of carbonyl (C=O) groups excluding carboxylic acids is 1. The molecular formula is C23H33NO4S. The van der Waals surface area contributed by atoms with E-state index in [9.17, 15) is 13.2 Å².